The molecule has 0 aliphatic rings. The van der Waals surface area contributed by atoms with Crippen LogP contribution in [-0.2, 0) is 14.8 Å². The molecule has 6 nitrogen and oxygen atoms in total. The normalized spacial score (nSPS) is 12.3. The first-order valence-corrected chi connectivity index (χ1v) is 9.46. The molecule has 0 saturated heterocycles. The molecule has 1 atom stereocenters. The number of carbonyl (C=O) groups is 1. The number of sulfonamides is 1. The zero-order valence-corrected chi connectivity index (χ0v) is 15.3. The average molecular weight is 362 g/mol. The Bertz CT molecular complexity index is 850. The van der Waals surface area contributed by atoms with Crippen LogP contribution < -0.4 is 14.8 Å². The van der Waals surface area contributed by atoms with Crippen LogP contribution in [0.15, 0.2) is 48.5 Å². The monoisotopic (exact) mass is 362 g/mol. The maximum atomic E-state index is 12.3. The highest BCUT2D eigenvalue weighted by molar-refractivity contribution is 7.92. The largest absolute Gasteiger partial charge is 0.497 e. The van der Waals surface area contributed by atoms with E-state index in [1.165, 1.54) is 7.11 Å². The first-order valence-electron chi connectivity index (χ1n) is 7.81. The summed E-state index contributed by atoms with van der Waals surface area (Å²) in [4.78, 5) is 12.2. The summed E-state index contributed by atoms with van der Waals surface area (Å²) in [5, 5.41) is 2.74. The van der Waals surface area contributed by atoms with Gasteiger partial charge in [0.2, 0.25) is 15.9 Å². The van der Waals surface area contributed by atoms with Crippen molar-refractivity contribution < 1.29 is 17.9 Å². The van der Waals surface area contributed by atoms with Crippen LogP contribution in [0.2, 0.25) is 0 Å². The van der Waals surface area contributed by atoms with Crippen LogP contribution in [-0.4, -0.2) is 27.2 Å². The number of aryl methyl sites for hydroxylation is 1. The van der Waals surface area contributed by atoms with Gasteiger partial charge in [-0.05, 0) is 36.8 Å². The summed E-state index contributed by atoms with van der Waals surface area (Å²) in [5.74, 6) is -0.822. The van der Waals surface area contributed by atoms with Gasteiger partial charge in [-0.2, -0.15) is 0 Å². The molecule has 25 heavy (non-hydrogen) atoms. The molecule has 1 amide bonds. The fraction of sp³-hybridized carbons (Fsp3) is 0.278. The van der Waals surface area contributed by atoms with Crippen LogP contribution >= 0.6 is 0 Å². The van der Waals surface area contributed by atoms with Crippen LogP contribution in [0.1, 0.15) is 12.5 Å². The van der Waals surface area contributed by atoms with E-state index in [-0.39, 0.29) is 11.7 Å². The molecule has 0 saturated carbocycles. The molecule has 2 N–H and O–H groups in total. The first kappa shape index (κ1) is 18.8. The maximum absolute atomic E-state index is 12.3. The summed E-state index contributed by atoms with van der Waals surface area (Å²) in [6, 6.07) is 13.9. The van der Waals surface area contributed by atoms with Crippen LogP contribution in [0.25, 0.3) is 0 Å². The third-order valence-corrected chi connectivity index (χ3v) is 5.03. The van der Waals surface area contributed by atoms with Gasteiger partial charge in [0, 0.05) is 11.8 Å². The van der Waals surface area contributed by atoms with Gasteiger partial charge >= 0.3 is 0 Å². The van der Waals surface area contributed by atoms with Crippen LogP contribution in [0.4, 0.5) is 11.4 Å². The molecule has 0 bridgehead atoms. The van der Waals surface area contributed by atoms with Crippen LogP contribution in [0, 0.1) is 12.8 Å². The van der Waals surface area contributed by atoms with E-state index in [9.17, 15) is 13.2 Å². The molecule has 134 valence electrons. The van der Waals surface area contributed by atoms with Gasteiger partial charge in [-0.15, -0.1) is 0 Å². The van der Waals surface area contributed by atoms with E-state index < -0.39 is 15.9 Å². The number of anilines is 2. The molecule has 0 aliphatic carbocycles. The molecule has 0 aromatic heterocycles. The van der Waals surface area contributed by atoms with Crippen molar-refractivity contribution >= 4 is 27.3 Å². The minimum absolute atomic E-state index is 0.318. The van der Waals surface area contributed by atoms with Gasteiger partial charge in [-0.3, -0.25) is 9.52 Å². The van der Waals surface area contributed by atoms with E-state index in [0.717, 1.165) is 5.56 Å². The third kappa shape index (κ3) is 5.79. The molecule has 7 heteroatoms. The summed E-state index contributed by atoms with van der Waals surface area (Å²) in [5.41, 5.74) is 2.05. The summed E-state index contributed by atoms with van der Waals surface area (Å²) in [7, 11) is -2.17. The van der Waals surface area contributed by atoms with Gasteiger partial charge < -0.3 is 10.1 Å². The first-order chi connectivity index (χ1) is 11.8. The lowest BCUT2D eigenvalue weighted by Gasteiger charge is -2.14. The van der Waals surface area contributed by atoms with Crippen molar-refractivity contribution in [1.82, 2.24) is 0 Å². The Morgan fingerprint density at radius 3 is 2.48 bits per heavy atom. The lowest BCUT2D eigenvalue weighted by atomic mass is 10.2. The quantitative estimate of drug-likeness (QED) is 0.793. The molecule has 2 rings (SSSR count). The minimum atomic E-state index is -3.67. The Morgan fingerprint density at radius 1 is 1.12 bits per heavy atom. The highest BCUT2D eigenvalue weighted by atomic mass is 32.2. The molecular weight excluding hydrogens is 340 g/mol. The van der Waals surface area contributed by atoms with Crippen molar-refractivity contribution in [3.05, 3.63) is 54.1 Å². The van der Waals surface area contributed by atoms with Crippen molar-refractivity contribution in [2.75, 3.05) is 22.9 Å². The lowest BCUT2D eigenvalue weighted by molar-refractivity contribution is -0.118. The Kier molecular flexibility index (Phi) is 6.03. The molecule has 0 fully saturated rings. The summed E-state index contributed by atoms with van der Waals surface area (Å²) in [6.45, 7) is 3.50. The van der Waals surface area contributed by atoms with E-state index in [4.69, 9.17) is 4.74 Å². The highest BCUT2D eigenvalue weighted by Crippen LogP contribution is 2.19. The number of hydrogen-bond acceptors (Lipinski definition) is 4. The average Bonchev–Trinajstić information content (AvgIpc) is 2.54. The predicted molar refractivity (Wildman–Crippen MR) is 99.4 cm³/mol. The Balaban J connectivity index is 1.99. The SMILES string of the molecule is COc1cccc(NS(=O)(=O)CC(C)C(=O)Nc2cccc(C)c2)c1. The molecule has 1 unspecified atom stereocenters. The standard InChI is InChI=1S/C18H22N2O4S/c1-13-6-4-7-15(10-13)19-18(21)14(2)12-25(22,23)20-16-8-5-9-17(11-16)24-3/h4-11,14,20H,12H2,1-3H3,(H,19,21). The number of benzene rings is 2. The minimum Gasteiger partial charge on any atom is -0.497 e. The number of ether oxygens (including phenoxy) is 1. The maximum Gasteiger partial charge on any atom is 0.233 e. The number of hydrogen-bond donors (Lipinski definition) is 2. The zero-order chi connectivity index (χ0) is 18.4. The topological polar surface area (TPSA) is 84.5 Å². The van der Waals surface area contributed by atoms with E-state index >= 15 is 0 Å². The van der Waals surface area contributed by atoms with Crippen molar-refractivity contribution in [3.8, 4) is 5.75 Å². The van der Waals surface area contributed by atoms with Crippen LogP contribution in [0.5, 0.6) is 5.75 Å². The number of methoxy groups -OCH3 is 1. The molecule has 0 radical (unpaired) electrons. The van der Waals surface area contributed by atoms with Crippen molar-refractivity contribution in [3.63, 3.8) is 0 Å². The second kappa shape index (κ2) is 8.02. The van der Waals surface area contributed by atoms with E-state index in [2.05, 4.69) is 10.0 Å². The second-order valence-corrected chi connectivity index (χ2v) is 7.64. The molecule has 2 aromatic rings. The number of rotatable bonds is 7. The smallest absolute Gasteiger partial charge is 0.233 e. The van der Waals surface area contributed by atoms with E-state index in [1.807, 2.05) is 25.1 Å². The number of amides is 1. The third-order valence-electron chi connectivity index (χ3n) is 3.55. The highest BCUT2D eigenvalue weighted by Gasteiger charge is 2.22. The Labute approximate surface area is 148 Å². The lowest BCUT2D eigenvalue weighted by Crippen LogP contribution is -2.29. The number of nitrogens with one attached hydrogen (secondary N) is 2. The Morgan fingerprint density at radius 2 is 1.80 bits per heavy atom. The zero-order valence-electron chi connectivity index (χ0n) is 14.4. The van der Waals surface area contributed by atoms with Gasteiger partial charge in [-0.1, -0.05) is 25.1 Å². The van der Waals surface area contributed by atoms with Gasteiger partial charge in [0.15, 0.2) is 0 Å². The molecule has 0 aliphatic heterocycles. The van der Waals surface area contributed by atoms with Crippen molar-refractivity contribution in [2.24, 2.45) is 5.92 Å². The van der Waals surface area contributed by atoms with E-state index in [0.29, 0.717) is 17.1 Å². The molecular formula is C18H22N2O4S. The van der Waals surface area contributed by atoms with Gasteiger partial charge in [-0.25, -0.2) is 8.42 Å². The van der Waals surface area contributed by atoms with Crippen LogP contribution in [0.3, 0.4) is 0 Å². The van der Waals surface area contributed by atoms with E-state index in [1.54, 1.807) is 37.3 Å². The van der Waals surface area contributed by atoms with Gasteiger partial charge in [0.1, 0.15) is 5.75 Å². The molecule has 0 heterocycles. The van der Waals surface area contributed by atoms with Gasteiger partial charge in [0.25, 0.3) is 0 Å². The fourth-order valence-corrected chi connectivity index (χ4v) is 3.68. The Hall–Kier alpha value is -2.54. The second-order valence-electron chi connectivity index (χ2n) is 5.88. The fourth-order valence-electron chi connectivity index (χ4n) is 2.30. The summed E-state index contributed by atoms with van der Waals surface area (Å²) in [6.07, 6.45) is 0. The molecule has 2 aromatic carbocycles. The van der Waals surface area contributed by atoms with Crippen molar-refractivity contribution in [1.29, 1.82) is 0 Å². The summed E-state index contributed by atoms with van der Waals surface area (Å²) < 4.78 is 32.1. The van der Waals surface area contributed by atoms with Crippen molar-refractivity contribution in [2.45, 2.75) is 13.8 Å². The van der Waals surface area contributed by atoms with Gasteiger partial charge in [0.05, 0.1) is 24.5 Å². The predicted octanol–water partition coefficient (Wildman–Crippen LogP) is 3.02. The summed E-state index contributed by atoms with van der Waals surface area (Å²) >= 11 is 0. The molecule has 0 spiro atoms. The number of carbonyl (C=O) groups excluding carboxylic acids is 1.